The summed E-state index contributed by atoms with van der Waals surface area (Å²) in [6.07, 6.45) is 0.423. The predicted molar refractivity (Wildman–Crippen MR) is 58.2 cm³/mol. The van der Waals surface area contributed by atoms with Crippen LogP contribution in [0.3, 0.4) is 0 Å². The zero-order valence-electron chi connectivity index (χ0n) is 8.84. The van der Waals surface area contributed by atoms with Crippen molar-refractivity contribution in [2.45, 2.75) is 13.2 Å². The van der Waals surface area contributed by atoms with Crippen LogP contribution >= 0.6 is 0 Å². The van der Waals surface area contributed by atoms with E-state index in [1.165, 1.54) is 13.0 Å². The Hall–Kier alpha value is -2.19. The lowest BCUT2D eigenvalue weighted by molar-refractivity contribution is -0.144. The number of aliphatic imine (C=N–C) groups is 1. The van der Waals surface area contributed by atoms with Gasteiger partial charge < -0.3 is 4.74 Å². The molecule has 4 heteroatoms. The molecule has 0 fully saturated rings. The van der Waals surface area contributed by atoms with Crippen LogP contribution in [0.1, 0.15) is 18.7 Å². The molecule has 1 unspecified atom stereocenters. The van der Waals surface area contributed by atoms with Crippen LogP contribution in [0.2, 0.25) is 0 Å². The van der Waals surface area contributed by atoms with Crippen molar-refractivity contribution in [1.82, 2.24) is 0 Å². The Labute approximate surface area is 93.3 Å². The highest BCUT2D eigenvalue weighted by molar-refractivity contribution is 5.87. The van der Waals surface area contributed by atoms with Gasteiger partial charge in [0.05, 0.1) is 0 Å². The Balaban J connectivity index is 2.89. The number of carbonyl (C=O) groups is 1. The summed E-state index contributed by atoms with van der Waals surface area (Å²) in [7, 11) is 0. The molecule has 0 heterocycles. The molecule has 0 amide bonds. The number of hydrogen-bond donors (Lipinski definition) is 0. The third kappa shape index (κ3) is 3.19. The second kappa shape index (κ2) is 5.63. The second-order valence-corrected chi connectivity index (χ2v) is 3.17. The zero-order chi connectivity index (χ0) is 12.0. The molecular formula is C12H11NO3. The van der Waals surface area contributed by atoms with Gasteiger partial charge in [-0.25, -0.2) is 9.59 Å². The van der Waals surface area contributed by atoms with E-state index < -0.39 is 12.2 Å². The summed E-state index contributed by atoms with van der Waals surface area (Å²) in [6, 6.07) is 8.74. The van der Waals surface area contributed by atoms with E-state index in [1.54, 1.807) is 24.3 Å². The van der Waals surface area contributed by atoms with Gasteiger partial charge in [0, 0.05) is 11.1 Å². The van der Waals surface area contributed by atoms with Crippen molar-refractivity contribution in [2.24, 2.45) is 4.99 Å². The first-order chi connectivity index (χ1) is 7.65. The van der Waals surface area contributed by atoms with E-state index in [4.69, 9.17) is 4.74 Å². The largest absolute Gasteiger partial charge is 0.431 e. The quantitative estimate of drug-likeness (QED) is 0.336. The highest BCUT2D eigenvalue weighted by atomic mass is 16.6. The molecule has 1 atom stereocenters. The summed E-state index contributed by atoms with van der Waals surface area (Å²) in [5.41, 5.74) is 0.863. The minimum atomic E-state index is -0.956. The van der Waals surface area contributed by atoms with E-state index in [2.05, 4.69) is 11.6 Å². The van der Waals surface area contributed by atoms with Crippen molar-refractivity contribution in [3.05, 3.63) is 48.0 Å². The third-order valence-corrected chi connectivity index (χ3v) is 1.82. The minimum absolute atomic E-state index is 0.252. The summed E-state index contributed by atoms with van der Waals surface area (Å²) in [4.78, 5) is 25.0. The second-order valence-electron chi connectivity index (χ2n) is 3.17. The van der Waals surface area contributed by atoms with Gasteiger partial charge in [0.1, 0.15) is 0 Å². The summed E-state index contributed by atoms with van der Waals surface area (Å²) in [5.74, 6) is -0.590. The summed E-state index contributed by atoms with van der Waals surface area (Å²) in [6.45, 7) is 4.97. The van der Waals surface area contributed by atoms with E-state index in [-0.39, 0.29) is 5.57 Å². The van der Waals surface area contributed by atoms with Gasteiger partial charge >= 0.3 is 5.97 Å². The molecule has 0 N–H and O–H groups in total. The van der Waals surface area contributed by atoms with Crippen LogP contribution in [-0.4, -0.2) is 12.0 Å². The molecule has 0 bridgehead atoms. The maximum Gasteiger partial charge on any atom is 0.335 e. The smallest absolute Gasteiger partial charge is 0.335 e. The number of benzene rings is 1. The van der Waals surface area contributed by atoms with Crippen LogP contribution in [-0.2, 0) is 14.3 Å². The first-order valence-electron chi connectivity index (χ1n) is 4.63. The summed E-state index contributed by atoms with van der Waals surface area (Å²) in [5, 5.41) is 0. The summed E-state index contributed by atoms with van der Waals surface area (Å²) < 4.78 is 4.97. The Morgan fingerprint density at radius 2 is 2.06 bits per heavy atom. The maximum absolute atomic E-state index is 11.3. The number of ether oxygens (including phenoxy) is 1. The molecular weight excluding hydrogens is 206 g/mol. The molecule has 0 saturated carbocycles. The molecule has 82 valence electrons. The average molecular weight is 217 g/mol. The van der Waals surface area contributed by atoms with Gasteiger partial charge in [-0.15, -0.1) is 0 Å². The van der Waals surface area contributed by atoms with Gasteiger partial charge in [-0.1, -0.05) is 36.9 Å². The highest BCUT2D eigenvalue weighted by Gasteiger charge is 2.15. The lowest BCUT2D eigenvalue weighted by Crippen LogP contribution is -2.10. The lowest BCUT2D eigenvalue weighted by atomic mass is 10.2. The van der Waals surface area contributed by atoms with Crippen molar-refractivity contribution in [1.29, 1.82) is 0 Å². The van der Waals surface area contributed by atoms with E-state index in [0.717, 1.165) is 0 Å². The molecule has 0 aliphatic heterocycles. The molecule has 16 heavy (non-hydrogen) atoms. The van der Waals surface area contributed by atoms with Crippen LogP contribution in [0, 0.1) is 0 Å². The lowest BCUT2D eigenvalue weighted by Gasteiger charge is -2.11. The molecule has 0 aliphatic rings. The van der Waals surface area contributed by atoms with Gasteiger partial charge in [0.2, 0.25) is 12.3 Å². The molecule has 1 aromatic rings. The van der Waals surface area contributed by atoms with Crippen LogP contribution < -0.4 is 0 Å². The Kier molecular flexibility index (Phi) is 4.18. The highest BCUT2D eigenvalue weighted by Crippen LogP contribution is 2.19. The van der Waals surface area contributed by atoms with Crippen LogP contribution in [0.25, 0.3) is 0 Å². The molecule has 1 rings (SSSR count). The zero-order valence-corrected chi connectivity index (χ0v) is 8.84. The number of rotatable bonds is 4. The fourth-order valence-corrected chi connectivity index (χ4v) is 1.04. The van der Waals surface area contributed by atoms with Crippen molar-refractivity contribution >= 4 is 12.0 Å². The topological polar surface area (TPSA) is 55.7 Å². The van der Waals surface area contributed by atoms with Gasteiger partial charge in [-0.2, -0.15) is 4.99 Å². The van der Waals surface area contributed by atoms with E-state index in [1.807, 2.05) is 6.07 Å². The van der Waals surface area contributed by atoms with Crippen molar-refractivity contribution in [3.63, 3.8) is 0 Å². The van der Waals surface area contributed by atoms with Gasteiger partial charge in [0.25, 0.3) is 0 Å². The molecule has 0 aromatic heterocycles. The first-order valence-corrected chi connectivity index (χ1v) is 4.63. The van der Waals surface area contributed by atoms with Crippen LogP contribution in [0.4, 0.5) is 0 Å². The standard InChI is InChI=1S/C12H11NO3/c1-9(2)12(15)16-11(13-8-14)10-6-4-3-5-7-10/h3-7,11H,1H2,2H3. The predicted octanol–water partition coefficient (Wildman–Crippen LogP) is 2.14. The molecule has 4 nitrogen and oxygen atoms in total. The van der Waals surface area contributed by atoms with Crippen molar-refractivity contribution in [2.75, 3.05) is 0 Å². The van der Waals surface area contributed by atoms with Gasteiger partial charge in [0.15, 0.2) is 0 Å². The Bertz CT molecular complexity index is 433. The van der Waals surface area contributed by atoms with Crippen LogP contribution in [0.5, 0.6) is 0 Å². The normalized spacial score (nSPS) is 11.1. The molecule has 0 spiro atoms. The number of isocyanates is 1. The number of esters is 1. The maximum atomic E-state index is 11.3. The van der Waals surface area contributed by atoms with E-state index in [0.29, 0.717) is 5.56 Å². The number of nitrogens with zero attached hydrogens (tertiary/aromatic N) is 1. The molecule has 0 saturated heterocycles. The fraction of sp³-hybridized carbons (Fsp3) is 0.167. The Morgan fingerprint density at radius 3 is 2.56 bits per heavy atom. The number of carbonyl (C=O) groups excluding carboxylic acids is 2. The minimum Gasteiger partial charge on any atom is -0.431 e. The van der Waals surface area contributed by atoms with Gasteiger partial charge in [-0.05, 0) is 6.92 Å². The molecule has 1 aromatic carbocycles. The first kappa shape index (κ1) is 11.9. The summed E-state index contributed by atoms with van der Waals surface area (Å²) >= 11 is 0. The van der Waals surface area contributed by atoms with E-state index in [9.17, 15) is 9.59 Å². The molecule has 0 radical (unpaired) electrons. The van der Waals surface area contributed by atoms with Crippen molar-refractivity contribution in [3.8, 4) is 0 Å². The van der Waals surface area contributed by atoms with Crippen LogP contribution in [0.15, 0.2) is 47.5 Å². The SMILES string of the molecule is C=C(C)C(=O)OC(N=C=O)c1ccccc1. The van der Waals surface area contributed by atoms with E-state index >= 15 is 0 Å². The number of hydrogen-bond acceptors (Lipinski definition) is 4. The van der Waals surface area contributed by atoms with Gasteiger partial charge in [-0.3, -0.25) is 0 Å². The Morgan fingerprint density at radius 1 is 1.44 bits per heavy atom. The fourth-order valence-electron chi connectivity index (χ4n) is 1.04. The average Bonchev–Trinajstić information content (AvgIpc) is 2.29. The monoisotopic (exact) mass is 217 g/mol. The molecule has 0 aliphatic carbocycles. The van der Waals surface area contributed by atoms with Crippen molar-refractivity contribution < 1.29 is 14.3 Å². The third-order valence-electron chi connectivity index (χ3n) is 1.82.